The van der Waals surface area contributed by atoms with Crippen molar-refractivity contribution < 1.29 is 32.7 Å². The number of amides is 1. The molecule has 16 heteroatoms. The first-order valence-electron chi connectivity index (χ1n) is 23.9. The molecule has 2 saturated carbocycles. The predicted octanol–water partition coefficient (Wildman–Crippen LogP) is 9.51. The van der Waals surface area contributed by atoms with Crippen molar-refractivity contribution in [2.45, 2.75) is 126 Å². The van der Waals surface area contributed by atoms with Gasteiger partial charge in [-0.05, 0) is 137 Å². The van der Waals surface area contributed by atoms with Gasteiger partial charge >= 0.3 is 0 Å². The number of nitrogens with one attached hydrogen (secondary N) is 3. The number of hydrogen-bond donors (Lipinski definition) is 4. The molecule has 0 unspecified atom stereocenters. The Kier molecular flexibility index (Phi) is 11.7. The molecule has 1 spiro atoms. The van der Waals surface area contributed by atoms with Crippen molar-refractivity contribution in [1.82, 2.24) is 19.6 Å². The summed E-state index contributed by atoms with van der Waals surface area (Å²) < 4.78 is 42.6. The Bertz CT molecular complexity index is 2820. The number of piperidine rings is 1. The Morgan fingerprint density at radius 3 is 2.52 bits per heavy atom. The van der Waals surface area contributed by atoms with Gasteiger partial charge in [0.1, 0.15) is 23.8 Å². The number of carbonyl (C=O) groups is 1. The van der Waals surface area contributed by atoms with Gasteiger partial charge in [0.15, 0.2) is 11.4 Å². The second kappa shape index (κ2) is 17.4. The summed E-state index contributed by atoms with van der Waals surface area (Å²) in [4.78, 5) is 38.2. The summed E-state index contributed by atoms with van der Waals surface area (Å²) in [6, 6.07) is 20.9. The van der Waals surface area contributed by atoms with E-state index >= 15 is 0 Å². The maximum absolute atomic E-state index is 14.2. The Morgan fingerprint density at radius 2 is 1.78 bits per heavy atom. The maximum atomic E-state index is 14.2. The molecule has 0 radical (unpaired) electrons. The van der Waals surface area contributed by atoms with Crippen molar-refractivity contribution in [2.75, 3.05) is 36.5 Å². The lowest BCUT2D eigenvalue weighted by Gasteiger charge is -2.56. The van der Waals surface area contributed by atoms with Gasteiger partial charge in [-0.1, -0.05) is 38.1 Å². The fourth-order valence-corrected chi connectivity index (χ4v) is 12.7. The minimum Gasteiger partial charge on any atom is -0.489 e. The summed E-state index contributed by atoms with van der Waals surface area (Å²) in [5.74, 6) is 0.145. The van der Waals surface area contributed by atoms with Gasteiger partial charge in [-0.15, -0.1) is 0 Å². The Morgan fingerprint density at radius 1 is 1.01 bits per heavy atom. The Balaban J connectivity index is 0.861. The number of ether oxygens (including phenoxy) is 2. The summed E-state index contributed by atoms with van der Waals surface area (Å²) in [5.41, 5.74) is 4.52. The number of aryl methyl sites for hydroxylation is 1. The number of nitro benzene ring substituents is 1. The highest BCUT2D eigenvalue weighted by atomic mass is 32.2. The zero-order valence-corrected chi connectivity index (χ0v) is 39.5. The fraction of sp³-hybridized carbons (Fsp3) is 0.490. The third kappa shape index (κ3) is 8.95. The zero-order chi connectivity index (χ0) is 46.8. The van der Waals surface area contributed by atoms with Gasteiger partial charge < -0.3 is 29.8 Å². The van der Waals surface area contributed by atoms with Crippen molar-refractivity contribution in [3.05, 3.63) is 105 Å². The normalized spacial score (nSPS) is 24.2. The molecule has 4 N–H and O–H groups in total. The van der Waals surface area contributed by atoms with E-state index in [0.717, 1.165) is 55.3 Å². The molecule has 5 aliphatic rings. The van der Waals surface area contributed by atoms with E-state index < -0.39 is 37.0 Å². The van der Waals surface area contributed by atoms with Gasteiger partial charge in [0.25, 0.3) is 21.6 Å². The second-order valence-electron chi connectivity index (χ2n) is 20.5. The van der Waals surface area contributed by atoms with Crippen LogP contribution in [0.5, 0.6) is 17.2 Å². The Labute approximate surface area is 391 Å². The number of likely N-dealkylation sites (tertiary alicyclic amines) is 1. The Hall–Kier alpha value is -5.71. The van der Waals surface area contributed by atoms with E-state index in [9.17, 15) is 28.4 Å². The van der Waals surface area contributed by atoms with Crippen LogP contribution in [0.15, 0.2) is 77.8 Å². The number of carbonyl (C=O) groups excluding carboxylic acids is 1. The van der Waals surface area contributed by atoms with Crippen molar-refractivity contribution in [3.63, 3.8) is 0 Å². The highest BCUT2D eigenvalue weighted by molar-refractivity contribution is 7.90. The van der Waals surface area contributed by atoms with Crippen LogP contribution >= 0.6 is 0 Å². The number of nitro groups is 1. The van der Waals surface area contributed by atoms with Crippen LogP contribution in [-0.2, 0) is 10.0 Å². The van der Waals surface area contributed by atoms with Gasteiger partial charge in [-0.3, -0.25) is 19.8 Å². The van der Waals surface area contributed by atoms with E-state index in [4.69, 9.17) is 9.47 Å². The predicted molar refractivity (Wildman–Crippen MR) is 257 cm³/mol. The first-order valence-corrected chi connectivity index (χ1v) is 25.4. The minimum atomic E-state index is -4.66. The molecule has 2 saturated heterocycles. The molecule has 354 valence electrons. The molecule has 67 heavy (non-hydrogen) atoms. The van der Waals surface area contributed by atoms with E-state index in [-0.39, 0.29) is 41.3 Å². The number of hydrogen-bond acceptors (Lipinski definition) is 12. The molecule has 4 fully saturated rings. The van der Waals surface area contributed by atoms with Crippen molar-refractivity contribution >= 4 is 44.0 Å². The molecule has 3 aromatic carbocycles. The molecule has 2 aliphatic carbocycles. The van der Waals surface area contributed by atoms with Gasteiger partial charge in [0, 0.05) is 60.1 Å². The quantitative estimate of drug-likeness (QED) is 0.0726. The van der Waals surface area contributed by atoms with Crippen LogP contribution in [0.4, 0.5) is 17.1 Å². The second-order valence-corrected chi connectivity index (χ2v) is 22.2. The van der Waals surface area contributed by atoms with Crippen molar-refractivity contribution in [2.24, 2.45) is 11.3 Å². The van der Waals surface area contributed by atoms with Gasteiger partial charge in [0.2, 0.25) is 0 Å². The number of aromatic amines is 1. The highest BCUT2D eigenvalue weighted by Gasteiger charge is 2.50. The van der Waals surface area contributed by atoms with E-state index in [0.29, 0.717) is 60.5 Å². The van der Waals surface area contributed by atoms with Crippen LogP contribution < -0.4 is 24.4 Å². The van der Waals surface area contributed by atoms with Gasteiger partial charge in [-0.2, -0.15) is 0 Å². The summed E-state index contributed by atoms with van der Waals surface area (Å²) in [6.45, 7) is 11.3. The smallest absolute Gasteiger partial charge is 0.297 e. The number of nitrogens with zero attached hydrogens (tertiary/aromatic N) is 4. The average Bonchev–Trinajstić information content (AvgIpc) is 3.93. The monoisotopic (exact) mass is 931 g/mol. The molecule has 10 rings (SSSR count). The third-order valence-corrected chi connectivity index (χ3v) is 16.8. The molecule has 2 atom stereocenters. The molecular formula is C51H61N7O8S. The molecular weight excluding hydrogens is 871 g/mol. The number of fused-ring (bicyclic) bond motifs is 2. The number of anilines is 2. The first kappa shape index (κ1) is 45.1. The minimum absolute atomic E-state index is 0.00530. The number of aliphatic hydroxyl groups is 1. The highest BCUT2D eigenvalue weighted by Crippen LogP contribution is 2.54. The van der Waals surface area contributed by atoms with Crippen LogP contribution in [0.25, 0.3) is 11.0 Å². The van der Waals surface area contributed by atoms with Crippen LogP contribution in [0.2, 0.25) is 0 Å². The molecule has 1 amide bonds. The van der Waals surface area contributed by atoms with E-state index in [2.05, 4.69) is 67.9 Å². The topological polar surface area (TPSA) is 192 Å². The average molecular weight is 932 g/mol. The maximum Gasteiger partial charge on any atom is 0.297 e. The third-order valence-electron chi connectivity index (χ3n) is 15.5. The molecule has 15 nitrogen and oxygen atoms in total. The number of aromatic nitrogens is 2. The van der Waals surface area contributed by atoms with Crippen LogP contribution in [0, 0.1) is 28.4 Å². The lowest BCUT2D eigenvalue weighted by Crippen LogP contribution is -2.54. The van der Waals surface area contributed by atoms with Crippen molar-refractivity contribution in [3.8, 4) is 17.2 Å². The number of rotatable bonds is 11. The summed E-state index contributed by atoms with van der Waals surface area (Å²) in [6.07, 6.45) is 11.1. The summed E-state index contributed by atoms with van der Waals surface area (Å²) >= 11 is 0. The fourth-order valence-electron chi connectivity index (χ4n) is 11.7. The molecule has 0 bridgehead atoms. The first-order chi connectivity index (χ1) is 32.0. The lowest BCUT2D eigenvalue weighted by molar-refractivity contribution is -0.384. The van der Waals surface area contributed by atoms with Gasteiger partial charge in [0.05, 0.1) is 33.2 Å². The molecule has 2 aromatic heterocycles. The summed E-state index contributed by atoms with van der Waals surface area (Å²) in [5, 5.41) is 26.9. The lowest BCUT2D eigenvalue weighted by atomic mass is 9.59. The van der Waals surface area contributed by atoms with Crippen LogP contribution in [-0.4, -0.2) is 83.1 Å². The largest absolute Gasteiger partial charge is 0.489 e. The molecule has 5 aromatic rings. The summed E-state index contributed by atoms with van der Waals surface area (Å²) in [7, 11) is -4.66. The number of H-pyrrole nitrogens is 1. The number of pyridine rings is 1. The molecule has 3 aliphatic heterocycles. The standard InChI is InChI=1S/C51H61N7O8S/c1-31(2)39-8-5-6-9-40(39)43-10-7-19-57(43)36-27-51(28-36)17-20-56(21-18-51)35-11-12-41(45(24-35)66-37-23-34-22-32(3)53-48(34)52-29-37)49(59)55-67(63,64)38-25-44(58(61)62)47-46(26-38)65-30-42(54-47)33-13-15-50(4,60)16-14-33/h5-6,8-9,11-12,22-26,29,31,33,36,42-43,54,60H,7,10,13-21,27-28,30H2,1-4H3,(H,52,53)(H,55,59)/t33-,42-,43-,50-/m1/s1. The van der Waals surface area contributed by atoms with E-state index in [1.165, 1.54) is 42.9 Å². The van der Waals surface area contributed by atoms with Crippen molar-refractivity contribution in [1.29, 1.82) is 0 Å². The number of benzene rings is 3. The number of sulfonamides is 1. The van der Waals surface area contributed by atoms with E-state index in [1.54, 1.807) is 18.3 Å². The van der Waals surface area contributed by atoms with Crippen LogP contribution in [0.1, 0.15) is 124 Å². The zero-order valence-electron chi connectivity index (χ0n) is 38.7. The van der Waals surface area contributed by atoms with E-state index in [1.807, 2.05) is 32.0 Å². The van der Waals surface area contributed by atoms with Gasteiger partial charge in [-0.25, -0.2) is 18.1 Å². The SMILES string of the molecule is Cc1cc2cc(Oc3cc(N4CCC5(CC4)CC(N4CCC[C@@H]4c4ccccc4C(C)C)C5)ccc3C(=O)NS(=O)(=O)c3cc4c(c([N+](=O)[O-])c3)N[C@@H]([C@H]3CC[C@](C)(O)CC3)CO4)cnc2[nH]1. The van der Waals surface area contributed by atoms with Crippen LogP contribution in [0.3, 0.4) is 0 Å². The molecule has 5 heterocycles.